The molecule has 0 radical (unpaired) electrons. The van der Waals surface area contributed by atoms with Crippen LogP contribution in [0.1, 0.15) is 24.2 Å². The Kier molecular flexibility index (Phi) is 4.27. The zero-order valence-corrected chi connectivity index (χ0v) is 11.7. The Morgan fingerprint density at radius 1 is 1.44 bits per heavy atom. The highest BCUT2D eigenvalue weighted by atomic mass is 35.5. The number of benzene rings is 1. The van der Waals surface area contributed by atoms with Gasteiger partial charge in [0, 0.05) is 29.7 Å². The van der Waals surface area contributed by atoms with E-state index in [0.29, 0.717) is 16.4 Å². The molecule has 1 unspecified atom stereocenters. The van der Waals surface area contributed by atoms with Gasteiger partial charge in [0.15, 0.2) is 0 Å². The van der Waals surface area contributed by atoms with Gasteiger partial charge < -0.3 is 0 Å². The second-order valence-electron chi connectivity index (χ2n) is 4.11. The number of hydrogen-bond acceptors (Lipinski definition) is 4. The summed E-state index contributed by atoms with van der Waals surface area (Å²) in [5.41, 5.74) is 1.40. The van der Waals surface area contributed by atoms with E-state index in [-0.39, 0.29) is 11.9 Å². The van der Waals surface area contributed by atoms with Gasteiger partial charge in [0.2, 0.25) is 0 Å². The van der Waals surface area contributed by atoms with Crippen molar-refractivity contribution in [3.8, 4) is 0 Å². The van der Waals surface area contributed by atoms with Crippen molar-refractivity contribution >= 4 is 23.1 Å². The number of hydrogen-bond donors (Lipinski definition) is 0. The van der Waals surface area contributed by atoms with Crippen molar-refractivity contribution in [2.75, 3.05) is 7.05 Å². The van der Waals surface area contributed by atoms with Crippen molar-refractivity contribution in [1.29, 1.82) is 0 Å². The third-order valence-electron chi connectivity index (χ3n) is 2.93. The Balaban J connectivity index is 2.12. The molecule has 1 heterocycles. The van der Waals surface area contributed by atoms with Gasteiger partial charge in [-0.15, -0.1) is 5.10 Å². The van der Waals surface area contributed by atoms with Gasteiger partial charge in [0.1, 0.15) is 15.8 Å². The van der Waals surface area contributed by atoms with Crippen molar-refractivity contribution in [3.05, 3.63) is 45.7 Å². The minimum absolute atomic E-state index is 0.0519. The molecule has 1 atom stereocenters. The average molecular weight is 286 g/mol. The Bertz CT molecular complexity index is 532. The molecule has 0 N–H and O–H groups in total. The fourth-order valence-electron chi connectivity index (χ4n) is 1.72. The van der Waals surface area contributed by atoms with Crippen LogP contribution >= 0.6 is 23.1 Å². The van der Waals surface area contributed by atoms with E-state index in [0.717, 1.165) is 17.2 Å². The molecule has 2 aromatic rings. The molecular formula is C12H13ClFN3S. The first kappa shape index (κ1) is 13.4. The van der Waals surface area contributed by atoms with E-state index in [9.17, 15) is 4.39 Å². The molecule has 0 aliphatic rings. The van der Waals surface area contributed by atoms with Crippen LogP contribution in [-0.2, 0) is 6.54 Å². The molecule has 0 saturated heterocycles. The van der Waals surface area contributed by atoms with Crippen LogP contribution in [0.25, 0.3) is 0 Å². The topological polar surface area (TPSA) is 29.0 Å². The maximum atomic E-state index is 13.7. The van der Waals surface area contributed by atoms with Crippen LogP contribution in [0.15, 0.2) is 24.3 Å². The van der Waals surface area contributed by atoms with E-state index in [4.69, 9.17) is 11.6 Å². The maximum Gasteiger partial charge on any atom is 0.138 e. The molecule has 18 heavy (non-hydrogen) atoms. The Morgan fingerprint density at radius 2 is 2.17 bits per heavy atom. The fraction of sp³-hybridized carbons (Fsp3) is 0.333. The average Bonchev–Trinajstić information content (AvgIpc) is 2.75. The van der Waals surface area contributed by atoms with Crippen LogP contribution in [0.2, 0.25) is 4.34 Å². The smallest absolute Gasteiger partial charge is 0.138 e. The summed E-state index contributed by atoms with van der Waals surface area (Å²) in [5, 5.41) is 3.96. The van der Waals surface area contributed by atoms with E-state index < -0.39 is 0 Å². The van der Waals surface area contributed by atoms with Crippen molar-refractivity contribution < 1.29 is 4.39 Å². The highest BCUT2D eigenvalue weighted by Crippen LogP contribution is 2.25. The Morgan fingerprint density at radius 3 is 2.78 bits per heavy atom. The van der Waals surface area contributed by atoms with Crippen molar-refractivity contribution in [2.45, 2.75) is 19.5 Å². The van der Waals surface area contributed by atoms with Crippen LogP contribution in [0.4, 0.5) is 4.39 Å². The zero-order valence-electron chi connectivity index (χ0n) is 10.1. The summed E-state index contributed by atoms with van der Waals surface area (Å²) >= 11 is 7.12. The highest BCUT2D eigenvalue weighted by Gasteiger charge is 2.17. The van der Waals surface area contributed by atoms with Gasteiger partial charge >= 0.3 is 0 Å². The van der Waals surface area contributed by atoms with Crippen molar-refractivity contribution in [1.82, 2.24) is 14.5 Å². The fourth-order valence-corrected chi connectivity index (χ4v) is 2.33. The molecule has 0 amide bonds. The molecule has 0 aliphatic carbocycles. The summed E-state index contributed by atoms with van der Waals surface area (Å²) in [6.45, 7) is 2.50. The van der Waals surface area contributed by atoms with Gasteiger partial charge in [0.05, 0.1) is 0 Å². The predicted molar refractivity (Wildman–Crippen MR) is 71.2 cm³/mol. The minimum Gasteiger partial charge on any atom is -0.294 e. The number of halogens is 2. The van der Waals surface area contributed by atoms with E-state index >= 15 is 0 Å². The van der Waals surface area contributed by atoms with Crippen molar-refractivity contribution in [2.24, 2.45) is 0 Å². The molecule has 6 heteroatoms. The summed E-state index contributed by atoms with van der Waals surface area (Å²) in [6.07, 6.45) is 0. The lowest BCUT2D eigenvalue weighted by atomic mass is 10.1. The Hall–Kier alpha value is -1.04. The normalized spacial score (nSPS) is 12.9. The molecule has 0 bridgehead atoms. The van der Waals surface area contributed by atoms with Crippen molar-refractivity contribution in [3.63, 3.8) is 0 Å². The van der Waals surface area contributed by atoms with Gasteiger partial charge in [0.25, 0.3) is 0 Å². The Labute approximate surface area is 114 Å². The standard InChI is InChI=1S/C12H13ClFN3S/c1-8(9-5-3-4-6-10(9)14)17(2)7-11-12(13)18-16-15-11/h3-6,8H,7H2,1-2H3. The summed E-state index contributed by atoms with van der Waals surface area (Å²) in [7, 11) is 1.91. The number of nitrogens with zero attached hydrogens (tertiary/aromatic N) is 3. The molecular weight excluding hydrogens is 273 g/mol. The number of rotatable bonds is 4. The molecule has 96 valence electrons. The van der Waals surface area contributed by atoms with Crippen LogP contribution in [0.5, 0.6) is 0 Å². The van der Waals surface area contributed by atoms with E-state index in [1.54, 1.807) is 12.1 Å². The van der Waals surface area contributed by atoms with Crippen LogP contribution in [0.3, 0.4) is 0 Å². The first-order chi connectivity index (χ1) is 8.59. The third-order valence-corrected chi connectivity index (χ3v) is 3.91. The van der Waals surface area contributed by atoms with E-state index in [1.807, 2.05) is 24.9 Å². The van der Waals surface area contributed by atoms with Crippen LogP contribution < -0.4 is 0 Å². The number of aromatic nitrogens is 2. The minimum atomic E-state index is -0.195. The lowest BCUT2D eigenvalue weighted by molar-refractivity contribution is 0.245. The summed E-state index contributed by atoms with van der Waals surface area (Å²) in [5.74, 6) is -0.195. The largest absolute Gasteiger partial charge is 0.294 e. The molecule has 0 aliphatic heterocycles. The summed E-state index contributed by atoms with van der Waals surface area (Å²) < 4.78 is 18.0. The zero-order chi connectivity index (χ0) is 13.1. The highest BCUT2D eigenvalue weighted by molar-refractivity contribution is 7.10. The monoisotopic (exact) mass is 285 g/mol. The van der Waals surface area contributed by atoms with E-state index in [1.165, 1.54) is 6.07 Å². The van der Waals surface area contributed by atoms with Gasteiger partial charge in [-0.3, -0.25) is 4.90 Å². The SMILES string of the molecule is CC(c1ccccc1F)N(C)Cc1nnsc1Cl. The van der Waals surface area contributed by atoms with Gasteiger partial charge in [-0.05, 0) is 20.0 Å². The van der Waals surface area contributed by atoms with E-state index in [2.05, 4.69) is 9.59 Å². The second kappa shape index (κ2) is 5.73. The predicted octanol–water partition coefficient (Wildman–Crippen LogP) is 3.52. The molecule has 1 aromatic heterocycles. The first-order valence-corrected chi connectivity index (χ1v) is 6.66. The molecule has 3 nitrogen and oxygen atoms in total. The lowest BCUT2D eigenvalue weighted by Gasteiger charge is -2.24. The first-order valence-electron chi connectivity index (χ1n) is 5.51. The molecule has 1 aromatic carbocycles. The molecule has 0 fully saturated rings. The molecule has 0 saturated carbocycles. The molecule has 2 rings (SSSR count). The summed E-state index contributed by atoms with van der Waals surface area (Å²) in [4.78, 5) is 1.99. The van der Waals surface area contributed by atoms with Gasteiger partial charge in [-0.25, -0.2) is 4.39 Å². The molecule has 0 spiro atoms. The van der Waals surface area contributed by atoms with Crippen LogP contribution in [-0.4, -0.2) is 21.5 Å². The van der Waals surface area contributed by atoms with Crippen LogP contribution in [0, 0.1) is 5.82 Å². The quantitative estimate of drug-likeness (QED) is 0.861. The van der Waals surface area contributed by atoms with Gasteiger partial charge in [-0.1, -0.05) is 34.3 Å². The lowest BCUT2D eigenvalue weighted by Crippen LogP contribution is -2.23. The van der Waals surface area contributed by atoms with Gasteiger partial charge in [-0.2, -0.15) is 0 Å². The third kappa shape index (κ3) is 2.85. The summed E-state index contributed by atoms with van der Waals surface area (Å²) in [6, 6.07) is 6.73. The second-order valence-corrected chi connectivity index (χ2v) is 5.46. The maximum absolute atomic E-state index is 13.7.